The molecule has 0 radical (unpaired) electrons. The number of ether oxygens (including phenoxy) is 1. The van der Waals surface area contributed by atoms with Gasteiger partial charge in [-0.1, -0.05) is 13.8 Å². The molecule has 2 aromatic heterocycles. The number of aliphatic hydroxyl groups is 1. The van der Waals surface area contributed by atoms with E-state index < -0.39 is 0 Å². The van der Waals surface area contributed by atoms with E-state index in [-0.39, 0.29) is 18.8 Å². The molecule has 21 heavy (non-hydrogen) atoms. The fourth-order valence-corrected chi connectivity index (χ4v) is 2.65. The van der Waals surface area contributed by atoms with Crippen molar-refractivity contribution in [3.8, 4) is 0 Å². The highest BCUT2D eigenvalue weighted by molar-refractivity contribution is 5.69. The molecule has 0 bridgehead atoms. The summed E-state index contributed by atoms with van der Waals surface area (Å²) in [4.78, 5) is 6.75. The molecule has 2 atom stereocenters. The largest absolute Gasteiger partial charge is 0.394 e. The van der Waals surface area contributed by atoms with E-state index in [0.717, 1.165) is 17.0 Å². The summed E-state index contributed by atoms with van der Waals surface area (Å²) in [6.07, 6.45) is 3.49. The molecule has 6 heteroatoms. The van der Waals surface area contributed by atoms with Crippen LogP contribution < -0.4 is 4.90 Å². The molecule has 0 aromatic carbocycles. The van der Waals surface area contributed by atoms with Crippen LogP contribution in [0.5, 0.6) is 0 Å². The third-order valence-electron chi connectivity index (χ3n) is 3.96. The third-order valence-corrected chi connectivity index (χ3v) is 3.96. The van der Waals surface area contributed by atoms with Gasteiger partial charge in [0.1, 0.15) is 5.52 Å². The molecule has 0 aliphatic carbocycles. The summed E-state index contributed by atoms with van der Waals surface area (Å²) < 4.78 is 7.49. The Labute approximate surface area is 124 Å². The van der Waals surface area contributed by atoms with E-state index in [1.54, 1.807) is 6.20 Å². The maximum Gasteiger partial charge on any atom is 0.155 e. The van der Waals surface area contributed by atoms with E-state index in [9.17, 15) is 5.11 Å². The van der Waals surface area contributed by atoms with Crippen molar-refractivity contribution in [1.82, 2.24) is 14.6 Å². The standard InChI is InChI=1S/C15H22N4O2/c1-10(2)13-6-14-15(16-4-5-19(14)17-13)18-7-12(8-20)21-9-11(18)3/h4-6,10-12,20H,7-9H2,1-3H3. The number of aromatic nitrogens is 3. The first-order valence-corrected chi connectivity index (χ1v) is 7.43. The van der Waals surface area contributed by atoms with Gasteiger partial charge in [-0.3, -0.25) is 0 Å². The van der Waals surface area contributed by atoms with Crippen LogP contribution in [0.15, 0.2) is 18.5 Å². The number of hydrogen-bond acceptors (Lipinski definition) is 5. The molecule has 2 aromatic rings. The van der Waals surface area contributed by atoms with Gasteiger partial charge in [0.05, 0.1) is 31.1 Å². The molecule has 1 aliphatic rings. The minimum Gasteiger partial charge on any atom is -0.394 e. The quantitative estimate of drug-likeness (QED) is 0.926. The average Bonchev–Trinajstić information content (AvgIpc) is 2.92. The fraction of sp³-hybridized carbons (Fsp3) is 0.600. The van der Waals surface area contributed by atoms with E-state index in [1.807, 2.05) is 10.7 Å². The maximum atomic E-state index is 9.34. The number of rotatable bonds is 3. The number of nitrogens with zero attached hydrogens (tertiary/aromatic N) is 4. The number of fused-ring (bicyclic) bond motifs is 1. The Kier molecular flexibility index (Phi) is 3.82. The third kappa shape index (κ3) is 2.61. The van der Waals surface area contributed by atoms with Gasteiger partial charge in [0.15, 0.2) is 5.82 Å². The lowest BCUT2D eigenvalue weighted by atomic mass is 10.1. The van der Waals surface area contributed by atoms with Crippen LogP contribution in [0, 0.1) is 0 Å². The Morgan fingerprint density at radius 2 is 2.29 bits per heavy atom. The van der Waals surface area contributed by atoms with E-state index in [2.05, 4.69) is 41.8 Å². The maximum absolute atomic E-state index is 9.34. The first-order chi connectivity index (χ1) is 10.1. The zero-order valence-electron chi connectivity index (χ0n) is 12.7. The number of hydrogen-bond donors (Lipinski definition) is 1. The smallest absolute Gasteiger partial charge is 0.155 e. The van der Waals surface area contributed by atoms with Crippen molar-refractivity contribution < 1.29 is 9.84 Å². The summed E-state index contributed by atoms with van der Waals surface area (Å²) in [5, 5.41) is 13.9. The Balaban J connectivity index is 2.02. The predicted molar refractivity (Wildman–Crippen MR) is 80.7 cm³/mol. The lowest BCUT2D eigenvalue weighted by Crippen LogP contribution is -2.50. The first-order valence-electron chi connectivity index (χ1n) is 7.43. The van der Waals surface area contributed by atoms with Gasteiger partial charge in [-0.15, -0.1) is 0 Å². The molecule has 3 heterocycles. The normalized spacial score (nSPS) is 23.2. The molecule has 0 saturated carbocycles. The Bertz CT molecular complexity index is 625. The van der Waals surface area contributed by atoms with Crippen LogP contribution in [0.2, 0.25) is 0 Å². The highest BCUT2D eigenvalue weighted by atomic mass is 16.5. The minimum absolute atomic E-state index is 0.0306. The van der Waals surface area contributed by atoms with Crippen molar-refractivity contribution in [3.05, 3.63) is 24.2 Å². The summed E-state index contributed by atoms with van der Waals surface area (Å²) in [6, 6.07) is 2.33. The molecule has 114 valence electrons. The topological polar surface area (TPSA) is 62.9 Å². The molecular weight excluding hydrogens is 268 g/mol. The molecule has 1 saturated heterocycles. The first kappa shape index (κ1) is 14.3. The van der Waals surface area contributed by atoms with Crippen LogP contribution in [-0.2, 0) is 4.74 Å². The fourth-order valence-electron chi connectivity index (χ4n) is 2.65. The van der Waals surface area contributed by atoms with Crippen LogP contribution in [0.3, 0.4) is 0 Å². The van der Waals surface area contributed by atoms with Gasteiger partial charge in [0, 0.05) is 18.9 Å². The SMILES string of the molecule is CC(C)c1cc2c(N3CC(CO)OCC3C)nccn2n1. The monoisotopic (exact) mass is 290 g/mol. The molecule has 0 spiro atoms. The van der Waals surface area contributed by atoms with E-state index >= 15 is 0 Å². The Morgan fingerprint density at radius 1 is 1.48 bits per heavy atom. The van der Waals surface area contributed by atoms with Gasteiger partial charge >= 0.3 is 0 Å². The summed E-state index contributed by atoms with van der Waals surface area (Å²) >= 11 is 0. The van der Waals surface area contributed by atoms with Crippen molar-refractivity contribution in [2.45, 2.75) is 38.8 Å². The van der Waals surface area contributed by atoms with Gasteiger partial charge in [-0.05, 0) is 18.9 Å². The van der Waals surface area contributed by atoms with Crippen molar-refractivity contribution in [2.75, 3.05) is 24.7 Å². The summed E-state index contributed by atoms with van der Waals surface area (Å²) in [5.74, 6) is 1.29. The van der Waals surface area contributed by atoms with E-state index in [0.29, 0.717) is 19.1 Å². The molecule has 1 fully saturated rings. The van der Waals surface area contributed by atoms with Crippen LogP contribution in [0.1, 0.15) is 32.4 Å². The van der Waals surface area contributed by atoms with Crippen LogP contribution in [-0.4, -0.2) is 51.6 Å². The van der Waals surface area contributed by atoms with Gasteiger partial charge in [0.25, 0.3) is 0 Å². The number of morpholine rings is 1. The molecule has 1 N–H and O–H groups in total. The van der Waals surface area contributed by atoms with Crippen molar-refractivity contribution in [1.29, 1.82) is 0 Å². The van der Waals surface area contributed by atoms with Crippen LogP contribution >= 0.6 is 0 Å². The second-order valence-corrected chi connectivity index (χ2v) is 5.94. The summed E-state index contributed by atoms with van der Waals surface area (Å²) in [5.41, 5.74) is 2.07. The molecule has 2 unspecified atom stereocenters. The lowest BCUT2D eigenvalue weighted by Gasteiger charge is -2.38. The highest BCUT2D eigenvalue weighted by Gasteiger charge is 2.28. The second kappa shape index (κ2) is 5.61. The number of anilines is 1. The molecule has 6 nitrogen and oxygen atoms in total. The minimum atomic E-state index is -0.157. The van der Waals surface area contributed by atoms with Crippen LogP contribution in [0.25, 0.3) is 5.52 Å². The van der Waals surface area contributed by atoms with Crippen molar-refractivity contribution in [3.63, 3.8) is 0 Å². The van der Waals surface area contributed by atoms with Crippen molar-refractivity contribution >= 4 is 11.3 Å². The van der Waals surface area contributed by atoms with Gasteiger partial charge in [0.2, 0.25) is 0 Å². The zero-order chi connectivity index (χ0) is 15.0. The summed E-state index contributed by atoms with van der Waals surface area (Å²) in [6.45, 7) is 7.65. The van der Waals surface area contributed by atoms with Crippen molar-refractivity contribution in [2.24, 2.45) is 0 Å². The molecule has 0 amide bonds. The molecular formula is C15H22N4O2. The Hall–Kier alpha value is -1.66. The van der Waals surface area contributed by atoms with Gasteiger partial charge in [-0.25, -0.2) is 9.50 Å². The van der Waals surface area contributed by atoms with Gasteiger partial charge in [-0.2, -0.15) is 5.10 Å². The second-order valence-electron chi connectivity index (χ2n) is 5.94. The zero-order valence-corrected chi connectivity index (χ0v) is 12.7. The molecule has 1 aliphatic heterocycles. The van der Waals surface area contributed by atoms with E-state index in [1.165, 1.54) is 0 Å². The average molecular weight is 290 g/mol. The van der Waals surface area contributed by atoms with Crippen LogP contribution in [0.4, 0.5) is 5.82 Å². The number of aliphatic hydroxyl groups excluding tert-OH is 1. The lowest BCUT2D eigenvalue weighted by molar-refractivity contribution is -0.0105. The molecule has 3 rings (SSSR count). The highest BCUT2D eigenvalue weighted by Crippen LogP contribution is 2.26. The van der Waals surface area contributed by atoms with Gasteiger partial charge < -0.3 is 14.7 Å². The van der Waals surface area contributed by atoms with E-state index in [4.69, 9.17) is 4.74 Å². The summed E-state index contributed by atoms with van der Waals surface area (Å²) in [7, 11) is 0. The predicted octanol–water partition coefficient (Wildman–Crippen LogP) is 1.44. The Morgan fingerprint density at radius 3 is 3.00 bits per heavy atom.